The smallest absolute Gasteiger partial charge is 0.322 e. The maximum Gasteiger partial charge on any atom is 0.322 e. The Bertz CT molecular complexity index is 517. The van der Waals surface area contributed by atoms with Crippen LogP contribution in [0.15, 0.2) is 24.3 Å². The van der Waals surface area contributed by atoms with E-state index in [0.717, 1.165) is 11.4 Å². The summed E-state index contributed by atoms with van der Waals surface area (Å²) >= 11 is 6.00. The van der Waals surface area contributed by atoms with Crippen molar-refractivity contribution in [1.29, 1.82) is 0 Å². The van der Waals surface area contributed by atoms with Crippen LogP contribution in [0.3, 0.4) is 0 Å². The number of benzene rings is 1. The molecule has 0 aliphatic carbocycles. The van der Waals surface area contributed by atoms with Crippen LogP contribution in [0.2, 0.25) is 5.02 Å². The Morgan fingerprint density at radius 2 is 1.82 bits per heavy atom. The van der Waals surface area contributed by atoms with E-state index in [1.807, 2.05) is 19.9 Å². The molecular formula is C12H12ClN3O. The van der Waals surface area contributed by atoms with Gasteiger partial charge in [0.05, 0.1) is 10.7 Å². The molecule has 0 spiro atoms. The number of nitrogens with two attached hydrogens (primary N) is 1. The van der Waals surface area contributed by atoms with Crippen molar-refractivity contribution in [3.63, 3.8) is 0 Å². The molecule has 2 rings (SSSR count). The van der Waals surface area contributed by atoms with E-state index in [0.29, 0.717) is 16.5 Å². The minimum Gasteiger partial charge on any atom is -0.420 e. The third-order valence-corrected chi connectivity index (χ3v) is 2.45. The maximum absolute atomic E-state index is 6.00. The zero-order valence-electron chi connectivity index (χ0n) is 9.57. The Hall–Kier alpha value is -1.81. The first-order chi connectivity index (χ1) is 8.06. The largest absolute Gasteiger partial charge is 0.420 e. The van der Waals surface area contributed by atoms with Crippen LogP contribution in [-0.2, 0) is 0 Å². The number of nitrogen functional groups attached to an aromatic ring is 1. The molecule has 0 radical (unpaired) electrons. The van der Waals surface area contributed by atoms with Crippen molar-refractivity contribution in [3.05, 3.63) is 40.7 Å². The van der Waals surface area contributed by atoms with Crippen LogP contribution in [0.1, 0.15) is 11.4 Å². The van der Waals surface area contributed by atoms with Crippen molar-refractivity contribution in [2.75, 3.05) is 5.73 Å². The highest BCUT2D eigenvalue weighted by Crippen LogP contribution is 2.33. The highest BCUT2D eigenvalue weighted by Gasteiger charge is 2.09. The molecule has 0 atom stereocenters. The molecule has 88 valence electrons. The van der Waals surface area contributed by atoms with Gasteiger partial charge in [0.25, 0.3) is 0 Å². The van der Waals surface area contributed by atoms with E-state index < -0.39 is 0 Å². The van der Waals surface area contributed by atoms with Crippen molar-refractivity contribution in [1.82, 2.24) is 9.97 Å². The molecule has 0 fully saturated rings. The number of hydrogen-bond donors (Lipinski definition) is 1. The van der Waals surface area contributed by atoms with Gasteiger partial charge in [0, 0.05) is 11.4 Å². The summed E-state index contributed by atoms with van der Waals surface area (Å²) in [6, 6.07) is 7.29. The van der Waals surface area contributed by atoms with E-state index in [9.17, 15) is 0 Å². The van der Waals surface area contributed by atoms with Crippen molar-refractivity contribution >= 4 is 17.3 Å². The van der Waals surface area contributed by atoms with Crippen LogP contribution in [0.25, 0.3) is 0 Å². The van der Waals surface area contributed by atoms with Gasteiger partial charge in [-0.05, 0) is 32.0 Å². The van der Waals surface area contributed by atoms with Crippen molar-refractivity contribution < 1.29 is 4.74 Å². The Labute approximate surface area is 104 Å². The van der Waals surface area contributed by atoms with Crippen LogP contribution in [0.4, 0.5) is 5.69 Å². The number of anilines is 1. The second kappa shape index (κ2) is 4.59. The molecule has 2 N–H and O–H groups in total. The molecule has 0 amide bonds. The van der Waals surface area contributed by atoms with Gasteiger partial charge in [0.15, 0.2) is 5.75 Å². The summed E-state index contributed by atoms with van der Waals surface area (Å²) in [5, 5.41) is 0.438. The predicted molar refractivity (Wildman–Crippen MR) is 67.4 cm³/mol. The van der Waals surface area contributed by atoms with Gasteiger partial charge >= 0.3 is 6.01 Å². The van der Waals surface area contributed by atoms with Gasteiger partial charge in [-0.15, -0.1) is 0 Å². The summed E-state index contributed by atoms with van der Waals surface area (Å²) in [6.07, 6.45) is 0. The predicted octanol–water partition coefficient (Wildman–Crippen LogP) is 3.12. The number of aromatic nitrogens is 2. The molecule has 0 saturated carbocycles. The van der Waals surface area contributed by atoms with Crippen LogP contribution in [0, 0.1) is 13.8 Å². The van der Waals surface area contributed by atoms with Crippen molar-refractivity contribution in [2.45, 2.75) is 13.8 Å². The molecule has 4 nitrogen and oxygen atoms in total. The van der Waals surface area contributed by atoms with Crippen LogP contribution >= 0.6 is 11.6 Å². The van der Waals surface area contributed by atoms with Gasteiger partial charge in [-0.3, -0.25) is 0 Å². The van der Waals surface area contributed by atoms with Gasteiger partial charge in [-0.25, -0.2) is 9.97 Å². The zero-order chi connectivity index (χ0) is 12.4. The number of rotatable bonds is 2. The second-order valence-electron chi connectivity index (χ2n) is 3.69. The number of nitrogens with zero attached hydrogens (tertiary/aromatic N) is 2. The number of ether oxygens (including phenoxy) is 1. The molecule has 0 aliphatic rings. The Morgan fingerprint density at radius 3 is 2.41 bits per heavy atom. The normalized spacial score (nSPS) is 10.3. The number of hydrogen-bond acceptors (Lipinski definition) is 4. The third-order valence-electron chi connectivity index (χ3n) is 2.15. The molecule has 1 heterocycles. The number of para-hydroxylation sites is 1. The summed E-state index contributed by atoms with van der Waals surface area (Å²) in [5.41, 5.74) is 7.90. The fourth-order valence-corrected chi connectivity index (χ4v) is 1.68. The highest BCUT2D eigenvalue weighted by atomic mass is 35.5. The molecule has 2 aromatic rings. The standard InChI is InChI=1S/C12H12ClN3O/c1-7-6-8(2)16-12(15-7)17-11-9(13)4-3-5-10(11)14/h3-6H,14H2,1-2H3. The third kappa shape index (κ3) is 2.65. The maximum atomic E-state index is 6.00. The molecule has 1 aromatic carbocycles. The lowest BCUT2D eigenvalue weighted by Crippen LogP contribution is -1.98. The SMILES string of the molecule is Cc1cc(C)nc(Oc2c(N)cccc2Cl)n1. The summed E-state index contributed by atoms with van der Waals surface area (Å²) < 4.78 is 5.52. The first kappa shape index (κ1) is 11.7. The number of halogens is 1. The summed E-state index contributed by atoms with van der Waals surface area (Å²) in [4.78, 5) is 8.33. The van der Waals surface area contributed by atoms with Crippen LogP contribution in [0.5, 0.6) is 11.8 Å². The topological polar surface area (TPSA) is 61.0 Å². The molecule has 5 heteroatoms. The Kier molecular flexibility index (Phi) is 3.15. The molecule has 17 heavy (non-hydrogen) atoms. The minimum absolute atomic E-state index is 0.252. The second-order valence-corrected chi connectivity index (χ2v) is 4.10. The van der Waals surface area contributed by atoms with Gasteiger partial charge in [0.1, 0.15) is 0 Å². The average Bonchev–Trinajstić information content (AvgIpc) is 2.22. The van der Waals surface area contributed by atoms with Crippen LogP contribution in [-0.4, -0.2) is 9.97 Å². The molecule has 1 aromatic heterocycles. The van der Waals surface area contributed by atoms with Crippen molar-refractivity contribution in [2.24, 2.45) is 0 Å². The molecule has 0 unspecified atom stereocenters. The highest BCUT2D eigenvalue weighted by molar-refractivity contribution is 6.32. The van der Waals surface area contributed by atoms with Gasteiger partial charge < -0.3 is 10.5 Å². The van der Waals surface area contributed by atoms with Gasteiger partial charge in [-0.1, -0.05) is 17.7 Å². The van der Waals surface area contributed by atoms with E-state index in [1.165, 1.54) is 0 Å². The number of aryl methyl sites for hydroxylation is 2. The Balaban J connectivity index is 2.38. The molecule has 0 bridgehead atoms. The summed E-state index contributed by atoms with van der Waals surface area (Å²) in [5.74, 6) is 0.388. The quantitative estimate of drug-likeness (QED) is 0.831. The van der Waals surface area contributed by atoms with E-state index in [2.05, 4.69) is 9.97 Å². The summed E-state index contributed by atoms with van der Waals surface area (Å²) in [6.45, 7) is 3.75. The first-order valence-electron chi connectivity index (χ1n) is 5.10. The van der Waals surface area contributed by atoms with E-state index >= 15 is 0 Å². The Morgan fingerprint density at radius 1 is 1.18 bits per heavy atom. The fraction of sp³-hybridized carbons (Fsp3) is 0.167. The van der Waals surface area contributed by atoms with Crippen LogP contribution < -0.4 is 10.5 Å². The van der Waals surface area contributed by atoms with E-state index in [1.54, 1.807) is 18.2 Å². The lowest BCUT2D eigenvalue weighted by atomic mass is 10.3. The monoisotopic (exact) mass is 249 g/mol. The zero-order valence-corrected chi connectivity index (χ0v) is 10.3. The average molecular weight is 250 g/mol. The molecular weight excluding hydrogens is 238 g/mol. The minimum atomic E-state index is 0.252. The van der Waals surface area contributed by atoms with Gasteiger partial charge in [-0.2, -0.15) is 0 Å². The molecule has 0 saturated heterocycles. The lowest BCUT2D eigenvalue weighted by molar-refractivity contribution is 0.441. The molecule has 0 aliphatic heterocycles. The van der Waals surface area contributed by atoms with Gasteiger partial charge in [0.2, 0.25) is 0 Å². The van der Waals surface area contributed by atoms with E-state index in [4.69, 9.17) is 22.1 Å². The van der Waals surface area contributed by atoms with E-state index in [-0.39, 0.29) is 6.01 Å². The first-order valence-corrected chi connectivity index (χ1v) is 5.48. The lowest BCUT2D eigenvalue weighted by Gasteiger charge is -2.09. The summed E-state index contributed by atoms with van der Waals surface area (Å²) in [7, 11) is 0. The van der Waals surface area contributed by atoms with Crippen molar-refractivity contribution in [3.8, 4) is 11.8 Å². The fourth-order valence-electron chi connectivity index (χ4n) is 1.46.